The van der Waals surface area contributed by atoms with Crippen molar-refractivity contribution in [1.82, 2.24) is 9.88 Å². The fourth-order valence-corrected chi connectivity index (χ4v) is 2.96. The van der Waals surface area contributed by atoms with Crippen molar-refractivity contribution in [1.29, 1.82) is 0 Å². The van der Waals surface area contributed by atoms with Crippen LogP contribution in [-0.2, 0) is 0 Å². The molecule has 1 unspecified atom stereocenters. The zero-order chi connectivity index (χ0) is 13.7. The Kier molecular flexibility index (Phi) is 6.26. The number of hydrogen-bond donors (Lipinski definition) is 0. The van der Waals surface area contributed by atoms with Crippen LogP contribution in [0.5, 0.6) is 0 Å². The van der Waals surface area contributed by atoms with Gasteiger partial charge in [-0.15, -0.1) is 0 Å². The largest absolute Gasteiger partial charge is 0.338 e. The first-order chi connectivity index (χ1) is 8.49. The number of hydrogen-bond acceptors (Lipinski definition) is 3. The summed E-state index contributed by atoms with van der Waals surface area (Å²) in [5.41, 5.74) is 0.474. The van der Waals surface area contributed by atoms with Crippen molar-refractivity contribution >= 4 is 40.9 Å². The Morgan fingerprint density at radius 3 is 2.44 bits per heavy atom. The summed E-state index contributed by atoms with van der Waals surface area (Å²) in [7, 11) is 1.80. The number of amides is 1. The van der Waals surface area contributed by atoms with Gasteiger partial charge in [0.05, 0.1) is 0 Å². The minimum Gasteiger partial charge on any atom is -0.338 e. The molecule has 1 amide bonds. The second-order valence-corrected chi connectivity index (χ2v) is 5.62. The first-order valence-electron chi connectivity index (χ1n) is 5.58. The summed E-state index contributed by atoms with van der Waals surface area (Å²) in [6.07, 6.45) is 2.94. The van der Waals surface area contributed by atoms with Gasteiger partial charge in [0.1, 0.15) is 10.3 Å². The van der Waals surface area contributed by atoms with Gasteiger partial charge in [0.25, 0.3) is 5.91 Å². The van der Waals surface area contributed by atoms with Gasteiger partial charge in [0.15, 0.2) is 0 Å². The summed E-state index contributed by atoms with van der Waals surface area (Å²) in [5.74, 6) is 0.827. The van der Waals surface area contributed by atoms with Crippen LogP contribution in [0, 0.1) is 0 Å². The molecule has 0 saturated carbocycles. The second kappa shape index (κ2) is 7.22. The highest BCUT2D eigenvalue weighted by Gasteiger charge is 2.20. The molecular formula is C12H16Cl2N2OS. The summed E-state index contributed by atoms with van der Waals surface area (Å²) < 4.78 is 0. The van der Waals surface area contributed by atoms with Crippen LogP contribution in [0.1, 0.15) is 23.7 Å². The van der Waals surface area contributed by atoms with E-state index >= 15 is 0 Å². The maximum absolute atomic E-state index is 12.3. The third kappa shape index (κ3) is 4.04. The third-order valence-corrected chi connectivity index (χ3v) is 3.81. The van der Waals surface area contributed by atoms with Crippen molar-refractivity contribution < 1.29 is 4.79 Å². The SMILES string of the molecule is CCC(CSC)N(C)C(=O)c1cc(Cl)nc(Cl)c1. The Labute approximate surface area is 122 Å². The number of carbonyl (C=O) groups excluding carboxylic acids is 1. The van der Waals surface area contributed by atoms with Gasteiger partial charge in [-0.05, 0) is 24.8 Å². The molecule has 0 aliphatic rings. The van der Waals surface area contributed by atoms with Gasteiger partial charge in [0.2, 0.25) is 0 Å². The van der Waals surface area contributed by atoms with Gasteiger partial charge < -0.3 is 4.90 Å². The Balaban J connectivity index is 2.91. The van der Waals surface area contributed by atoms with Crippen molar-refractivity contribution in [3.63, 3.8) is 0 Å². The van der Waals surface area contributed by atoms with E-state index in [0.29, 0.717) is 5.56 Å². The molecule has 3 nitrogen and oxygen atoms in total. The Bertz CT molecular complexity index is 408. The lowest BCUT2D eigenvalue weighted by molar-refractivity contribution is 0.0743. The van der Waals surface area contributed by atoms with E-state index in [1.54, 1.807) is 23.7 Å². The molecule has 6 heteroatoms. The van der Waals surface area contributed by atoms with E-state index in [-0.39, 0.29) is 22.3 Å². The van der Waals surface area contributed by atoms with Gasteiger partial charge >= 0.3 is 0 Å². The monoisotopic (exact) mass is 306 g/mol. The molecule has 0 spiro atoms. The summed E-state index contributed by atoms with van der Waals surface area (Å²) >= 11 is 13.3. The van der Waals surface area contributed by atoms with Crippen molar-refractivity contribution in [3.8, 4) is 0 Å². The molecule has 1 aromatic heterocycles. The highest BCUT2D eigenvalue weighted by Crippen LogP contribution is 2.18. The first-order valence-corrected chi connectivity index (χ1v) is 7.73. The van der Waals surface area contributed by atoms with E-state index in [0.717, 1.165) is 12.2 Å². The highest BCUT2D eigenvalue weighted by atomic mass is 35.5. The predicted molar refractivity (Wildman–Crippen MR) is 78.8 cm³/mol. The lowest BCUT2D eigenvalue weighted by atomic mass is 10.2. The molecule has 1 rings (SSSR count). The van der Waals surface area contributed by atoms with Crippen LogP contribution in [-0.4, -0.2) is 40.9 Å². The average Bonchev–Trinajstić information content (AvgIpc) is 2.33. The standard InChI is InChI=1S/C12H16Cl2N2OS/c1-4-9(7-18-3)16(2)12(17)8-5-10(13)15-11(14)6-8/h5-6,9H,4,7H2,1-3H3. The lowest BCUT2D eigenvalue weighted by Crippen LogP contribution is -2.38. The lowest BCUT2D eigenvalue weighted by Gasteiger charge is -2.26. The normalized spacial score (nSPS) is 12.3. The van der Waals surface area contributed by atoms with Crippen LogP contribution in [0.4, 0.5) is 0 Å². The predicted octanol–water partition coefficient (Wildman–Crippen LogP) is 3.60. The molecule has 1 heterocycles. The molecule has 100 valence electrons. The van der Waals surface area contributed by atoms with Gasteiger partial charge in [-0.25, -0.2) is 4.98 Å². The maximum atomic E-state index is 12.3. The number of halogens is 2. The van der Waals surface area contributed by atoms with E-state index < -0.39 is 0 Å². The topological polar surface area (TPSA) is 33.2 Å². The van der Waals surface area contributed by atoms with Crippen LogP contribution in [0.3, 0.4) is 0 Å². The molecule has 0 aromatic carbocycles. The van der Waals surface area contributed by atoms with Crippen molar-refractivity contribution in [2.45, 2.75) is 19.4 Å². The van der Waals surface area contributed by atoms with Crippen molar-refractivity contribution in [3.05, 3.63) is 28.0 Å². The van der Waals surface area contributed by atoms with Crippen LogP contribution in [0.25, 0.3) is 0 Å². The van der Waals surface area contributed by atoms with Gasteiger partial charge in [0, 0.05) is 24.4 Å². The number of nitrogens with zero attached hydrogens (tertiary/aromatic N) is 2. The minimum atomic E-state index is -0.0814. The molecule has 1 atom stereocenters. The summed E-state index contributed by atoms with van der Waals surface area (Å²) in [4.78, 5) is 17.9. The number of carbonyl (C=O) groups is 1. The Morgan fingerprint density at radius 1 is 1.44 bits per heavy atom. The number of aromatic nitrogens is 1. The number of pyridine rings is 1. The zero-order valence-corrected chi connectivity index (χ0v) is 12.9. The third-order valence-electron chi connectivity index (χ3n) is 2.71. The fourth-order valence-electron chi connectivity index (χ4n) is 1.65. The van der Waals surface area contributed by atoms with Crippen LogP contribution >= 0.6 is 35.0 Å². The quantitative estimate of drug-likeness (QED) is 0.779. The molecule has 0 bridgehead atoms. The second-order valence-electron chi connectivity index (χ2n) is 3.93. The number of rotatable bonds is 5. The molecule has 18 heavy (non-hydrogen) atoms. The van der Waals surface area contributed by atoms with Gasteiger partial charge in [-0.1, -0.05) is 30.1 Å². The Morgan fingerprint density at radius 2 is 2.00 bits per heavy atom. The van der Waals surface area contributed by atoms with Crippen LogP contribution < -0.4 is 0 Å². The van der Waals surface area contributed by atoms with E-state index in [1.807, 2.05) is 6.26 Å². The molecule has 0 fully saturated rings. The van der Waals surface area contributed by atoms with E-state index in [9.17, 15) is 4.79 Å². The molecule has 0 aliphatic carbocycles. The van der Waals surface area contributed by atoms with Gasteiger partial charge in [-0.2, -0.15) is 11.8 Å². The van der Waals surface area contributed by atoms with Gasteiger partial charge in [-0.3, -0.25) is 4.79 Å². The molecule has 0 radical (unpaired) electrons. The molecule has 0 saturated heterocycles. The molecule has 1 aromatic rings. The number of thioether (sulfide) groups is 1. The van der Waals surface area contributed by atoms with E-state index in [4.69, 9.17) is 23.2 Å². The Hall–Kier alpha value is -0.450. The van der Waals surface area contributed by atoms with E-state index in [2.05, 4.69) is 11.9 Å². The van der Waals surface area contributed by atoms with E-state index in [1.165, 1.54) is 12.1 Å². The first kappa shape index (κ1) is 15.6. The minimum absolute atomic E-state index is 0.0814. The fraction of sp³-hybridized carbons (Fsp3) is 0.500. The highest BCUT2D eigenvalue weighted by molar-refractivity contribution is 7.98. The van der Waals surface area contributed by atoms with Crippen molar-refractivity contribution in [2.24, 2.45) is 0 Å². The molecule has 0 aliphatic heterocycles. The van der Waals surface area contributed by atoms with Crippen LogP contribution in [0.15, 0.2) is 12.1 Å². The molecule has 0 N–H and O–H groups in total. The zero-order valence-electron chi connectivity index (χ0n) is 10.6. The average molecular weight is 307 g/mol. The van der Waals surface area contributed by atoms with Crippen molar-refractivity contribution in [2.75, 3.05) is 19.1 Å². The smallest absolute Gasteiger partial charge is 0.254 e. The maximum Gasteiger partial charge on any atom is 0.254 e. The summed E-state index contributed by atoms with van der Waals surface area (Å²) in [6, 6.07) is 3.29. The van der Waals surface area contributed by atoms with Crippen LogP contribution in [0.2, 0.25) is 10.3 Å². The summed E-state index contributed by atoms with van der Waals surface area (Å²) in [6.45, 7) is 2.07. The summed E-state index contributed by atoms with van der Waals surface area (Å²) in [5, 5.41) is 0.467. The molecular weight excluding hydrogens is 291 g/mol.